The zero-order valence-electron chi connectivity index (χ0n) is 9.65. The average Bonchev–Trinajstić information content (AvgIpc) is 2.91. The lowest BCUT2D eigenvalue weighted by Gasteiger charge is -2.04. The third kappa shape index (κ3) is 3.69. The van der Waals surface area contributed by atoms with Crippen LogP contribution in [0.1, 0.15) is 17.2 Å². The Hall–Kier alpha value is -0.590. The minimum absolute atomic E-state index is 0.437. The maximum Gasteiger partial charge on any atom is 0.188 e. The van der Waals surface area contributed by atoms with Crippen LogP contribution in [0, 0.1) is 0 Å². The van der Waals surface area contributed by atoms with Crippen molar-refractivity contribution in [3.05, 3.63) is 20.8 Å². The van der Waals surface area contributed by atoms with Gasteiger partial charge in [0.25, 0.3) is 0 Å². The summed E-state index contributed by atoms with van der Waals surface area (Å²) in [5.74, 6) is 1.10. The summed E-state index contributed by atoms with van der Waals surface area (Å²) in [4.78, 5) is 5.58. The number of methoxy groups -OCH3 is 1. The van der Waals surface area contributed by atoms with Crippen molar-refractivity contribution in [1.82, 2.24) is 5.32 Å². The van der Waals surface area contributed by atoms with E-state index in [1.54, 1.807) is 18.4 Å². The van der Waals surface area contributed by atoms with Crippen molar-refractivity contribution >= 4 is 33.2 Å². The molecule has 0 bridgehead atoms. The zero-order chi connectivity index (χ0) is 12.3. The van der Waals surface area contributed by atoms with Gasteiger partial charge in [-0.1, -0.05) is 0 Å². The van der Waals surface area contributed by atoms with Gasteiger partial charge in [0.15, 0.2) is 5.96 Å². The fourth-order valence-corrected chi connectivity index (χ4v) is 3.29. The number of hydrogen-bond acceptors (Lipinski definition) is 3. The lowest BCUT2D eigenvalue weighted by molar-refractivity contribution is 0.208. The summed E-state index contributed by atoms with van der Waals surface area (Å²) in [5, 5.41) is 3.23. The van der Waals surface area contributed by atoms with E-state index in [-0.39, 0.29) is 0 Å². The van der Waals surface area contributed by atoms with Gasteiger partial charge >= 0.3 is 0 Å². The van der Waals surface area contributed by atoms with E-state index in [4.69, 9.17) is 10.5 Å². The van der Waals surface area contributed by atoms with Gasteiger partial charge in [-0.15, -0.1) is 11.3 Å². The molecule has 1 aromatic heterocycles. The molecule has 1 aromatic rings. The van der Waals surface area contributed by atoms with Gasteiger partial charge in [0.05, 0.1) is 16.9 Å². The molecular weight excluding hydrogens is 302 g/mol. The molecule has 1 heterocycles. The lowest BCUT2D eigenvalue weighted by Crippen LogP contribution is -2.34. The van der Waals surface area contributed by atoms with Crippen molar-refractivity contribution in [3.8, 4) is 0 Å². The van der Waals surface area contributed by atoms with Crippen molar-refractivity contribution in [2.24, 2.45) is 10.7 Å². The number of aliphatic imine (C=N–C) groups is 1. The van der Waals surface area contributed by atoms with Crippen molar-refractivity contribution < 1.29 is 4.74 Å². The molecule has 1 aliphatic carbocycles. The van der Waals surface area contributed by atoms with E-state index in [2.05, 4.69) is 38.4 Å². The summed E-state index contributed by atoms with van der Waals surface area (Å²) in [6.45, 7) is 1.21. The molecule has 0 spiro atoms. The van der Waals surface area contributed by atoms with E-state index < -0.39 is 0 Å². The number of nitrogens with two attached hydrogens (primary N) is 1. The molecule has 1 fully saturated rings. The molecule has 0 amide bonds. The molecule has 4 nitrogen and oxygen atoms in total. The predicted molar refractivity (Wildman–Crippen MR) is 74.7 cm³/mol. The minimum atomic E-state index is 0.437. The van der Waals surface area contributed by atoms with Gasteiger partial charge in [-0.2, -0.15) is 0 Å². The SMILES string of the molecule is COCCN=C(N)N[C@@H]1C[C@H]1c1ccc(Br)s1. The number of halogens is 1. The van der Waals surface area contributed by atoms with Crippen LogP contribution in [0.25, 0.3) is 0 Å². The third-order valence-corrected chi connectivity index (χ3v) is 4.42. The van der Waals surface area contributed by atoms with E-state index in [9.17, 15) is 0 Å². The van der Waals surface area contributed by atoms with E-state index in [0.717, 1.165) is 6.42 Å². The number of nitrogens with one attached hydrogen (secondary N) is 1. The first-order valence-electron chi connectivity index (χ1n) is 5.51. The second kappa shape index (κ2) is 5.84. The Morgan fingerprint density at radius 2 is 2.53 bits per heavy atom. The van der Waals surface area contributed by atoms with Crippen LogP contribution in [0.5, 0.6) is 0 Å². The van der Waals surface area contributed by atoms with Crippen molar-refractivity contribution in [3.63, 3.8) is 0 Å². The van der Waals surface area contributed by atoms with Gasteiger partial charge in [0.2, 0.25) is 0 Å². The molecule has 3 N–H and O–H groups in total. The van der Waals surface area contributed by atoms with Gasteiger partial charge in [0.1, 0.15) is 0 Å². The van der Waals surface area contributed by atoms with Crippen LogP contribution in [0.2, 0.25) is 0 Å². The molecule has 2 atom stereocenters. The molecule has 0 radical (unpaired) electrons. The van der Waals surface area contributed by atoms with Gasteiger partial charge in [-0.25, -0.2) is 0 Å². The number of rotatable bonds is 5. The maximum absolute atomic E-state index is 5.78. The molecule has 1 saturated carbocycles. The molecule has 1 aliphatic rings. The van der Waals surface area contributed by atoms with Crippen LogP contribution >= 0.6 is 27.3 Å². The second-order valence-corrected chi connectivity index (χ2v) is 6.49. The van der Waals surface area contributed by atoms with Crippen molar-refractivity contribution in [1.29, 1.82) is 0 Å². The fraction of sp³-hybridized carbons (Fsp3) is 0.545. The Kier molecular flexibility index (Phi) is 4.42. The molecule has 0 aliphatic heterocycles. The standard InChI is InChI=1S/C11H16BrN3OS/c1-16-5-4-14-11(13)15-8-6-7(8)9-2-3-10(12)17-9/h2-3,7-8H,4-6H2,1H3,(H3,13,14,15)/t7-,8-/m1/s1. The molecular formula is C11H16BrN3OS. The highest BCUT2D eigenvalue weighted by molar-refractivity contribution is 9.11. The van der Waals surface area contributed by atoms with E-state index in [1.807, 2.05) is 0 Å². The summed E-state index contributed by atoms with van der Waals surface area (Å²) in [6, 6.07) is 4.69. The molecule has 0 aromatic carbocycles. The van der Waals surface area contributed by atoms with Gasteiger partial charge in [0, 0.05) is 23.9 Å². The van der Waals surface area contributed by atoms with Gasteiger partial charge < -0.3 is 15.8 Å². The highest BCUT2D eigenvalue weighted by Crippen LogP contribution is 2.44. The average molecular weight is 318 g/mol. The zero-order valence-corrected chi connectivity index (χ0v) is 12.1. The molecule has 6 heteroatoms. The number of ether oxygens (including phenoxy) is 1. The lowest BCUT2D eigenvalue weighted by atomic mass is 10.3. The molecule has 0 unspecified atom stereocenters. The molecule has 17 heavy (non-hydrogen) atoms. The topological polar surface area (TPSA) is 59.6 Å². The Morgan fingerprint density at radius 1 is 1.71 bits per heavy atom. The summed E-state index contributed by atoms with van der Waals surface area (Å²) < 4.78 is 6.09. The van der Waals surface area contributed by atoms with Crippen LogP contribution in [0.3, 0.4) is 0 Å². The smallest absolute Gasteiger partial charge is 0.188 e. The van der Waals surface area contributed by atoms with Crippen LogP contribution in [-0.2, 0) is 4.74 Å². The third-order valence-electron chi connectivity index (χ3n) is 2.66. The molecule has 2 rings (SSSR count). The maximum atomic E-state index is 5.78. The summed E-state index contributed by atoms with van der Waals surface area (Å²) in [7, 11) is 1.66. The molecule has 0 saturated heterocycles. The number of nitrogens with zero attached hydrogens (tertiary/aromatic N) is 1. The van der Waals surface area contributed by atoms with Crippen molar-refractivity contribution in [2.75, 3.05) is 20.3 Å². The predicted octanol–water partition coefficient (Wildman–Crippen LogP) is 1.92. The highest BCUT2D eigenvalue weighted by atomic mass is 79.9. The Morgan fingerprint density at radius 3 is 3.18 bits per heavy atom. The Balaban J connectivity index is 1.78. The van der Waals surface area contributed by atoms with E-state index in [1.165, 1.54) is 8.66 Å². The van der Waals surface area contributed by atoms with Crippen LogP contribution in [0.4, 0.5) is 0 Å². The van der Waals surface area contributed by atoms with Gasteiger partial charge in [-0.05, 0) is 34.5 Å². The summed E-state index contributed by atoms with van der Waals surface area (Å²) in [5.41, 5.74) is 5.78. The highest BCUT2D eigenvalue weighted by Gasteiger charge is 2.39. The first kappa shape index (κ1) is 12.9. The van der Waals surface area contributed by atoms with E-state index in [0.29, 0.717) is 31.1 Å². The largest absolute Gasteiger partial charge is 0.383 e. The summed E-state index contributed by atoms with van der Waals surface area (Å²) >= 11 is 5.26. The first-order chi connectivity index (χ1) is 8.20. The number of guanidine groups is 1. The Bertz CT molecular complexity index is 407. The Labute approximate surface area is 113 Å². The summed E-state index contributed by atoms with van der Waals surface area (Å²) in [6.07, 6.45) is 1.13. The monoisotopic (exact) mass is 317 g/mol. The minimum Gasteiger partial charge on any atom is -0.383 e. The van der Waals surface area contributed by atoms with Gasteiger partial charge in [-0.3, -0.25) is 4.99 Å². The first-order valence-corrected chi connectivity index (χ1v) is 7.12. The second-order valence-electron chi connectivity index (χ2n) is 3.99. The quantitative estimate of drug-likeness (QED) is 0.495. The van der Waals surface area contributed by atoms with Crippen LogP contribution < -0.4 is 11.1 Å². The normalized spacial score (nSPS) is 23.8. The van der Waals surface area contributed by atoms with Crippen molar-refractivity contribution in [2.45, 2.75) is 18.4 Å². The van der Waals surface area contributed by atoms with Crippen LogP contribution in [-0.4, -0.2) is 32.3 Å². The van der Waals surface area contributed by atoms with E-state index >= 15 is 0 Å². The fourth-order valence-electron chi connectivity index (χ4n) is 1.69. The molecule has 94 valence electrons. The number of thiophene rings is 1. The number of hydrogen-bond donors (Lipinski definition) is 2. The van der Waals surface area contributed by atoms with Crippen LogP contribution in [0.15, 0.2) is 20.9 Å².